The molecule has 0 aliphatic carbocycles. The van der Waals surface area contributed by atoms with Gasteiger partial charge in [0.15, 0.2) is 0 Å². The summed E-state index contributed by atoms with van der Waals surface area (Å²) in [7, 11) is 2.02. The standard InChI is InChI=1S/C10H10IN2/c1-12-6-7-13(8-12)10-4-2-9(11)3-5-10/h2-8H,1H3/q+1. The van der Waals surface area contributed by atoms with Crippen LogP contribution in [0.1, 0.15) is 0 Å². The van der Waals surface area contributed by atoms with Crippen LogP contribution >= 0.6 is 22.6 Å². The highest BCUT2D eigenvalue weighted by Crippen LogP contribution is 2.09. The summed E-state index contributed by atoms with van der Waals surface area (Å²) in [6.45, 7) is 0. The van der Waals surface area contributed by atoms with Crippen molar-refractivity contribution in [2.24, 2.45) is 7.05 Å². The molecule has 1 heterocycles. The Morgan fingerprint density at radius 1 is 1.23 bits per heavy atom. The molecule has 0 spiro atoms. The molecule has 1 aromatic heterocycles. The van der Waals surface area contributed by atoms with E-state index in [0.717, 1.165) is 0 Å². The van der Waals surface area contributed by atoms with Crippen molar-refractivity contribution in [1.29, 1.82) is 0 Å². The van der Waals surface area contributed by atoms with E-state index in [4.69, 9.17) is 0 Å². The van der Waals surface area contributed by atoms with Gasteiger partial charge >= 0.3 is 0 Å². The highest BCUT2D eigenvalue weighted by molar-refractivity contribution is 14.1. The zero-order chi connectivity index (χ0) is 9.26. The second-order valence-corrected chi connectivity index (χ2v) is 4.21. The van der Waals surface area contributed by atoms with Gasteiger partial charge in [-0.2, -0.15) is 0 Å². The zero-order valence-electron chi connectivity index (χ0n) is 7.31. The third-order valence-electron chi connectivity index (χ3n) is 1.89. The van der Waals surface area contributed by atoms with E-state index in [9.17, 15) is 0 Å². The van der Waals surface area contributed by atoms with Gasteiger partial charge in [-0.15, -0.1) is 0 Å². The highest BCUT2D eigenvalue weighted by Gasteiger charge is 2.02. The van der Waals surface area contributed by atoms with Gasteiger partial charge in [-0.05, 0) is 46.9 Å². The summed E-state index contributed by atoms with van der Waals surface area (Å²) in [6, 6.07) is 8.44. The molecular weight excluding hydrogens is 275 g/mol. The predicted molar refractivity (Wildman–Crippen MR) is 59.7 cm³/mol. The Balaban J connectivity index is 2.41. The molecule has 0 unspecified atom stereocenters. The maximum Gasteiger partial charge on any atom is 0.248 e. The van der Waals surface area contributed by atoms with Crippen molar-refractivity contribution in [3.8, 4) is 5.69 Å². The van der Waals surface area contributed by atoms with Gasteiger partial charge in [0.1, 0.15) is 18.1 Å². The number of imidazole rings is 1. The first-order valence-electron chi connectivity index (χ1n) is 4.05. The Morgan fingerprint density at radius 3 is 2.46 bits per heavy atom. The van der Waals surface area contributed by atoms with Crippen molar-refractivity contribution < 1.29 is 4.57 Å². The zero-order valence-corrected chi connectivity index (χ0v) is 9.47. The Labute approximate surface area is 91.0 Å². The van der Waals surface area contributed by atoms with Crippen LogP contribution in [0, 0.1) is 3.57 Å². The van der Waals surface area contributed by atoms with Crippen LogP contribution in [0.15, 0.2) is 43.0 Å². The molecule has 0 fully saturated rings. The lowest BCUT2D eigenvalue weighted by Gasteiger charge is -1.94. The van der Waals surface area contributed by atoms with Gasteiger partial charge in [0.2, 0.25) is 6.33 Å². The van der Waals surface area contributed by atoms with Crippen molar-refractivity contribution in [3.63, 3.8) is 0 Å². The molecule has 2 nitrogen and oxygen atoms in total. The van der Waals surface area contributed by atoms with E-state index in [2.05, 4.69) is 51.4 Å². The first-order chi connectivity index (χ1) is 6.25. The summed E-state index contributed by atoms with van der Waals surface area (Å²) in [5.41, 5.74) is 1.20. The lowest BCUT2D eigenvalue weighted by molar-refractivity contribution is -0.670. The molecule has 0 N–H and O–H groups in total. The van der Waals surface area contributed by atoms with E-state index in [0.29, 0.717) is 0 Å². The fourth-order valence-electron chi connectivity index (χ4n) is 1.22. The monoisotopic (exact) mass is 285 g/mol. The van der Waals surface area contributed by atoms with Crippen molar-refractivity contribution in [2.45, 2.75) is 0 Å². The molecule has 0 atom stereocenters. The molecule has 0 saturated carbocycles. The molecule has 0 aliphatic rings. The van der Waals surface area contributed by atoms with Crippen LogP contribution in [0.5, 0.6) is 0 Å². The quantitative estimate of drug-likeness (QED) is 0.559. The number of hydrogen-bond donors (Lipinski definition) is 0. The number of rotatable bonds is 1. The molecule has 2 rings (SSSR count). The fraction of sp³-hybridized carbons (Fsp3) is 0.100. The number of benzene rings is 1. The van der Waals surface area contributed by atoms with Crippen LogP contribution in [0.2, 0.25) is 0 Å². The SMILES string of the molecule is C[n+]1ccn(-c2ccc(I)cc2)c1. The summed E-state index contributed by atoms with van der Waals surface area (Å²) in [4.78, 5) is 0. The average Bonchev–Trinajstić information content (AvgIpc) is 2.53. The Morgan fingerprint density at radius 2 is 1.92 bits per heavy atom. The molecule has 0 radical (unpaired) electrons. The second kappa shape index (κ2) is 3.49. The third kappa shape index (κ3) is 1.91. The van der Waals surface area contributed by atoms with Gasteiger partial charge < -0.3 is 0 Å². The topological polar surface area (TPSA) is 8.81 Å². The maximum atomic E-state index is 2.31. The van der Waals surface area contributed by atoms with Gasteiger partial charge in [0, 0.05) is 3.57 Å². The highest BCUT2D eigenvalue weighted by atomic mass is 127. The Hall–Kier alpha value is -0.840. The van der Waals surface area contributed by atoms with Gasteiger partial charge in [0.25, 0.3) is 0 Å². The number of aromatic nitrogens is 2. The van der Waals surface area contributed by atoms with E-state index in [1.807, 2.05) is 30.3 Å². The third-order valence-corrected chi connectivity index (χ3v) is 2.61. The molecule has 1 aromatic carbocycles. The normalized spacial score (nSPS) is 10.3. The van der Waals surface area contributed by atoms with Crippen LogP contribution in [0.4, 0.5) is 0 Å². The fourth-order valence-corrected chi connectivity index (χ4v) is 1.58. The van der Waals surface area contributed by atoms with E-state index in [1.54, 1.807) is 0 Å². The molecule has 2 aromatic rings. The summed E-state index contributed by atoms with van der Waals surface area (Å²) in [5.74, 6) is 0. The minimum atomic E-state index is 1.20. The van der Waals surface area contributed by atoms with Crippen molar-refractivity contribution in [3.05, 3.63) is 46.6 Å². The molecule has 0 saturated heterocycles. The van der Waals surface area contributed by atoms with Crippen molar-refractivity contribution in [1.82, 2.24) is 4.57 Å². The van der Waals surface area contributed by atoms with Crippen molar-refractivity contribution in [2.75, 3.05) is 0 Å². The molecule has 66 valence electrons. The average molecular weight is 285 g/mol. The maximum absolute atomic E-state index is 2.31. The number of hydrogen-bond acceptors (Lipinski definition) is 0. The molecule has 0 bridgehead atoms. The van der Waals surface area contributed by atoms with Crippen molar-refractivity contribution >= 4 is 22.6 Å². The molecule has 13 heavy (non-hydrogen) atoms. The van der Waals surface area contributed by atoms with Crippen LogP contribution in [-0.2, 0) is 7.05 Å². The van der Waals surface area contributed by atoms with Gasteiger partial charge in [-0.3, -0.25) is 0 Å². The largest absolute Gasteiger partial charge is 0.248 e. The minimum absolute atomic E-state index is 1.20. The Kier molecular flexibility index (Phi) is 2.35. The molecule has 3 heteroatoms. The van der Waals surface area contributed by atoms with Crippen LogP contribution in [-0.4, -0.2) is 4.57 Å². The van der Waals surface area contributed by atoms with E-state index >= 15 is 0 Å². The van der Waals surface area contributed by atoms with Gasteiger partial charge in [0.05, 0.1) is 7.05 Å². The number of halogens is 1. The van der Waals surface area contributed by atoms with Crippen LogP contribution in [0.3, 0.4) is 0 Å². The molecule has 0 amide bonds. The first-order valence-corrected chi connectivity index (χ1v) is 5.13. The van der Waals surface area contributed by atoms with E-state index in [1.165, 1.54) is 9.26 Å². The number of aryl methyl sites for hydroxylation is 1. The molecular formula is C10H10IN2+. The smallest absolute Gasteiger partial charge is 0.239 e. The lowest BCUT2D eigenvalue weighted by atomic mass is 10.3. The first kappa shape index (κ1) is 8.74. The van der Waals surface area contributed by atoms with Crippen LogP contribution < -0.4 is 4.57 Å². The lowest BCUT2D eigenvalue weighted by Crippen LogP contribution is -2.23. The number of nitrogens with zero attached hydrogens (tertiary/aromatic N) is 2. The summed E-state index contributed by atoms with van der Waals surface area (Å²) in [5, 5.41) is 0. The second-order valence-electron chi connectivity index (χ2n) is 2.96. The van der Waals surface area contributed by atoms with E-state index in [-0.39, 0.29) is 0 Å². The minimum Gasteiger partial charge on any atom is -0.239 e. The van der Waals surface area contributed by atoms with E-state index < -0.39 is 0 Å². The summed E-state index contributed by atoms with van der Waals surface area (Å²) in [6.07, 6.45) is 6.11. The predicted octanol–water partition coefficient (Wildman–Crippen LogP) is 1.91. The Bertz CT molecular complexity index is 403. The summed E-state index contributed by atoms with van der Waals surface area (Å²) >= 11 is 2.31. The summed E-state index contributed by atoms with van der Waals surface area (Å²) < 4.78 is 5.38. The van der Waals surface area contributed by atoms with Gasteiger partial charge in [-0.1, -0.05) is 0 Å². The van der Waals surface area contributed by atoms with Crippen LogP contribution in [0.25, 0.3) is 5.69 Å². The molecule has 0 aliphatic heterocycles. The van der Waals surface area contributed by atoms with Gasteiger partial charge in [-0.25, -0.2) is 9.13 Å².